The number of hydrogen-bond donors (Lipinski definition) is 2. The molecule has 7 heteroatoms. The number of rotatable bonds is 5. The fourth-order valence-electron chi connectivity index (χ4n) is 3.09. The summed E-state index contributed by atoms with van der Waals surface area (Å²) in [6.07, 6.45) is 2.39. The SMILES string of the molecule is CC(C)(C)CN.Cc1ncsc1-c1ccc(C(C)NC(=O)C2CCCN2C=O)cc1. The predicted molar refractivity (Wildman–Crippen MR) is 123 cm³/mol. The number of aryl methyl sites for hydroxylation is 1. The van der Waals surface area contributed by atoms with Gasteiger partial charge in [0.15, 0.2) is 0 Å². The first-order valence-corrected chi connectivity index (χ1v) is 11.3. The average Bonchev–Trinajstić information content (AvgIpc) is 3.36. The minimum absolute atomic E-state index is 0.0746. The van der Waals surface area contributed by atoms with E-state index in [1.54, 1.807) is 16.2 Å². The molecule has 1 aliphatic rings. The van der Waals surface area contributed by atoms with E-state index in [0.29, 0.717) is 12.0 Å². The van der Waals surface area contributed by atoms with Crippen LogP contribution in [0.15, 0.2) is 29.8 Å². The Morgan fingerprint density at radius 3 is 2.50 bits per heavy atom. The number of aromatic nitrogens is 1. The molecule has 2 amide bonds. The third-order valence-corrected chi connectivity index (χ3v) is 6.10. The van der Waals surface area contributed by atoms with Crippen LogP contribution < -0.4 is 11.1 Å². The molecule has 0 aliphatic carbocycles. The quantitative estimate of drug-likeness (QED) is 0.704. The van der Waals surface area contributed by atoms with Crippen LogP contribution in [-0.4, -0.2) is 41.3 Å². The highest BCUT2D eigenvalue weighted by Crippen LogP contribution is 2.28. The largest absolute Gasteiger partial charge is 0.348 e. The summed E-state index contributed by atoms with van der Waals surface area (Å²) in [5, 5.41) is 3.02. The third-order valence-electron chi connectivity index (χ3n) is 5.12. The third kappa shape index (κ3) is 6.64. The molecule has 1 aromatic carbocycles. The van der Waals surface area contributed by atoms with Crippen molar-refractivity contribution in [3.05, 3.63) is 41.0 Å². The van der Waals surface area contributed by atoms with Crippen LogP contribution in [-0.2, 0) is 9.59 Å². The Morgan fingerprint density at radius 2 is 2.00 bits per heavy atom. The van der Waals surface area contributed by atoms with Gasteiger partial charge in [0.25, 0.3) is 0 Å². The lowest BCUT2D eigenvalue weighted by atomic mass is 9.98. The zero-order valence-electron chi connectivity index (χ0n) is 18.6. The molecule has 1 fully saturated rings. The zero-order chi connectivity index (χ0) is 22.3. The number of carbonyl (C=O) groups is 2. The molecule has 1 saturated heterocycles. The lowest BCUT2D eigenvalue weighted by Gasteiger charge is -2.22. The summed E-state index contributed by atoms with van der Waals surface area (Å²) in [5.41, 5.74) is 10.7. The second-order valence-corrected chi connectivity index (χ2v) is 9.74. The van der Waals surface area contributed by atoms with Crippen LogP contribution in [0.25, 0.3) is 10.4 Å². The number of amides is 2. The maximum atomic E-state index is 12.4. The van der Waals surface area contributed by atoms with E-state index < -0.39 is 0 Å². The fourth-order valence-corrected chi connectivity index (χ4v) is 3.90. The van der Waals surface area contributed by atoms with Gasteiger partial charge in [0.05, 0.1) is 22.1 Å². The molecule has 2 unspecified atom stereocenters. The van der Waals surface area contributed by atoms with Crippen LogP contribution >= 0.6 is 11.3 Å². The second kappa shape index (κ2) is 10.7. The molecule has 30 heavy (non-hydrogen) atoms. The predicted octanol–water partition coefficient (Wildman–Crippen LogP) is 3.91. The highest BCUT2D eigenvalue weighted by molar-refractivity contribution is 7.13. The van der Waals surface area contributed by atoms with Gasteiger partial charge in [0, 0.05) is 6.54 Å². The molecule has 3 rings (SSSR count). The van der Waals surface area contributed by atoms with Crippen molar-refractivity contribution < 1.29 is 9.59 Å². The number of thiazole rings is 1. The Hall–Kier alpha value is -2.25. The molecule has 0 radical (unpaired) electrons. The Morgan fingerprint density at radius 1 is 1.37 bits per heavy atom. The van der Waals surface area contributed by atoms with Crippen molar-refractivity contribution in [2.75, 3.05) is 13.1 Å². The standard InChI is InChI=1S/C18H21N3O2S.C5H13N/c1-12(20-18(23)16-4-3-9-21(16)11-22)14-5-7-15(8-6-14)17-13(2)19-10-24-17;1-5(2,3)4-6/h5-8,10-12,16H,3-4,9H2,1-2H3,(H,20,23);4,6H2,1-3H3. The van der Waals surface area contributed by atoms with E-state index in [9.17, 15) is 9.59 Å². The van der Waals surface area contributed by atoms with Crippen LogP contribution in [0.4, 0.5) is 0 Å². The maximum absolute atomic E-state index is 12.4. The summed E-state index contributed by atoms with van der Waals surface area (Å²) < 4.78 is 0. The van der Waals surface area contributed by atoms with Crippen molar-refractivity contribution in [2.24, 2.45) is 11.1 Å². The van der Waals surface area contributed by atoms with Crippen LogP contribution in [0.3, 0.4) is 0 Å². The summed E-state index contributed by atoms with van der Waals surface area (Å²) in [6.45, 7) is 11.8. The van der Waals surface area contributed by atoms with Gasteiger partial charge >= 0.3 is 0 Å². The van der Waals surface area contributed by atoms with Crippen LogP contribution in [0.2, 0.25) is 0 Å². The molecular weight excluding hydrogens is 396 g/mol. The van der Waals surface area contributed by atoms with Gasteiger partial charge in [0.1, 0.15) is 6.04 Å². The van der Waals surface area contributed by atoms with Gasteiger partial charge in [-0.05, 0) is 49.8 Å². The Balaban J connectivity index is 0.000000469. The Labute approximate surface area is 183 Å². The van der Waals surface area contributed by atoms with Gasteiger partial charge in [-0.2, -0.15) is 0 Å². The van der Waals surface area contributed by atoms with Crippen molar-refractivity contribution in [3.63, 3.8) is 0 Å². The van der Waals surface area contributed by atoms with Crippen molar-refractivity contribution in [3.8, 4) is 10.4 Å². The van der Waals surface area contributed by atoms with E-state index in [-0.39, 0.29) is 18.0 Å². The molecule has 2 heterocycles. The number of carbonyl (C=O) groups excluding carboxylic acids is 2. The minimum Gasteiger partial charge on any atom is -0.348 e. The first-order chi connectivity index (χ1) is 14.2. The molecule has 164 valence electrons. The van der Waals surface area contributed by atoms with Crippen molar-refractivity contribution in [1.82, 2.24) is 15.2 Å². The van der Waals surface area contributed by atoms with E-state index in [1.807, 2.05) is 31.5 Å². The van der Waals surface area contributed by atoms with Gasteiger partial charge in [-0.15, -0.1) is 11.3 Å². The second-order valence-electron chi connectivity index (χ2n) is 8.89. The van der Waals surface area contributed by atoms with E-state index in [2.05, 4.69) is 43.2 Å². The van der Waals surface area contributed by atoms with Gasteiger partial charge in [0.2, 0.25) is 12.3 Å². The number of nitrogens with one attached hydrogen (secondary N) is 1. The summed E-state index contributed by atoms with van der Waals surface area (Å²) in [7, 11) is 0. The molecule has 1 aromatic heterocycles. The summed E-state index contributed by atoms with van der Waals surface area (Å²) >= 11 is 1.63. The fraction of sp³-hybridized carbons (Fsp3) is 0.522. The van der Waals surface area contributed by atoms with Gasteiger partial charge in [-0.1, -0.05) is 45.0 Å². The molecule has 0 spiro atoms. The molecule has 6 nitrogen and oxygen atoms in total. The Kier molecular flexibility index (Phi) is 8.55. The maximum Gasteiger partial charge on any atom is 0.243 e. The molecule has 3 N–H and O–H groups in total. The molecule has 2 aromatic rings. The number of likely N-dealkylation sites (tertiary alicyclic amines) is 1. The minimum atomic E-state index is -0.330. The van der Waals surface area contributed by atoms with Crippen LogP contribution in [0.1, 0.15) is 57.8 Å². The Bertz CT molecular complexity index is 826. The van der Waals surface area contributed by atoms with Crippen LogP contribution in [0, 0.1) is 12.3 Å². The normalized spacial score (nSPS) is 17.1. The lowest BCUT2D eigenvalue weighted by molar-refractivity contribution is -0.131. The van der Waals surface area contributed by atoms with E-state index in [1.165, 1.54) is 4.88 Å². The van der Waals surface area contributed by atoms with Crippen molar-refractivity contribution in [2.45, 2.75) is 59.5 Å². The monoisotopic (exact) mass is 430 g/mol. The highest BCUT2D eigenvalue weighted by Gasteiger charge is 2.30. The summed E-state index contributed by atoms with van der Waals surface area (Å²) in [6, 6.07) is 7.77. The van der Waals surface area contributed by atoms with E-state index >= 15 is 0 Å². The summed E-state index contributed by atoms with van der Waals surface area (Å²) in [5.74, 6) is -0.0746. The van der Waals surface area contributed by atoms with Crippen LogP contribution in [0.5, 0.6) is 0 Å². The smallest absolute Gasteiger partial charge is 0.243 e. The summed E-state index contributed by atoms with van der Waals surface area (Å²) in [4.78, 5) is 30.4. The molecule has 0 bridgehead atoms. The first-order valence-electron chi connectivity index (χ1n) is 10.4. The van der Waals surface area contributed by atoms with E-state index in [0.717, 1.165) is 42.6 Å². The molecule has 1 aliphatic heterocycles. The van der Waals surface area contributed by atoms with Gasteiger partial charge in [-0.25, -0.2) is 4.98 Å². The first kappa shape index (κ1) is 24.0. The number of benzene rings is 1. The average molecular weight is 431 g/mol. The van der Waals surface area contributed by atoms with Gasteiger partial charge in [-0.3, -0.25) is 9.59 Å². The van der Waals surface area contributed by atoms with Gasteiger partial charge < -0.3 is 16.0 Å². The molecule has 0 saturated carbocycles. The number of hydrogen-bond acceptors (Lipinski definition) is 5. The van der Waals surface area contributed by atoms with E-state index in [4.69, 9.17) is 5.73 Å². The molecule has 2 atom stereocenters. The van der Waals surface area contributed by atoms with Crippen molar-refractivity contribution >= 4 is 23.7 Å². The molecular formula is C23H34N4O2S. The number of nitrogens with zero attached hydrogens (tertiary/aromatic N) is 2. The zero-order valence-corrected chi connectivity index (χ0v) is 19.5. The topological polar surface area (TPSA) is 88.3 Å². The number of nitrogens with two attached hydrogens (primary N) is 1. The highest BCUT2D eigenvalue weighted by atomic mass is 32.1. The lowest BCUT2D eigenvalue weighted by Crippen LogP contribution is -2.43. The van der Waals surface area contributed by atoms with Crippen molar-refractivity contribution in [1.29, 1.82) is 0 Å².